The smallest absolute Gasteiger partial charge is 0.263 e. The second-order valence-electron chi connectivity index (χ2n) is 7.73. The first kappa shape index (κ1) is 19.9. The third-order valence-corrected chi connectivity index (χ3v) is 8.14. The SMILES string of the molecule is O=C(CSC1Nc2sc3c(c2C(=O)N1c1ccccc1)CCCC3)N1CCOCC1. The van der Waals surface area contributed by atoms with Crippen LogP contribution >= 0.6 is 23.1 Å². The molecule has 1 aromatic carbocycles. The molecular weight excluding hydrogens is 418 g/mol. The van der Waals surface area contributed by atoms with Crippen molar-refractivity contribution in [3.05, 3.63) is 46.3 Å². The molecule has 3 aliphatic rings. The van der Waals surface area contributed by atoms with Crippen LogP contribution in [0.1, 0.15) is 33.6 Å². The van der Waals surface area contributed by atoms with Crippen LogP contribution in [-0.4, -0.2) is 54.3 Å². The summed E-state index contributed by atoms with van der Waals surface area (Å²) in [6, 6.07) is 9.76. The highest BCUT2D eigenvalue weighted by Crippen LogP contribution is 2.44. The molecule has 6 nitrogen and oxygen atoms in total. The van der Waals surface area contributed by atoms with Crippen molar-refractivity contribution < 1.29 is 14.3 Å². The lowest BCUT2D eigenvalue weighted by Crippen LogP contribution is -2.48. The van der Waals surface area contributed by atoms with Gasteiger partial charge in [0.2, 0.25) is 5.91 Å². The fourth-order valence-electron chi connectivity index (χ4n) is 4.31. The van der Waals surface area contributed by atoms with Crippen molar-refractivity contribution in [3.8, 4) is 0 Å². The first-order chi connectivity index (χ1) is 14.7. The molecule has 1 saturated heterocycles. The normalized spacial score (nSPS) is 21.1. The van der Waals surface area contributed by atoms with E-state index in [1.54, 1.807) is 11.3 Å². The fourth-order valence-corrected chi connectivity index (χ4v) is 6.74. The maximum Gasteiger partial charge on any atom is 0.263 e. The number of nitrogens with zero attached hydrogens (tertiary/aromatic N) is 2. The first-order valence-electron chi connectivity index (χ1n) is 10.5. The number of thioether (sulfide) groups is 1. The van der Waals surface area contributed by atoms with E-state index >= 15 is 0 Å². The van der Waals surface area contributed by atoms with Crippen molar-refractivity contribution in [2.45, 2.75) is 31.2 Å². The van der Waals surface area contributed by atoms with E-state index in [0.717, 1.165) is 35.5 Å². The third kappa shape index (κ3) is 3.72. The molecule has 158 valence electrons. The summed E-state index contributed by atoms with van der Waals surface area (Å²) >= 11 is 3.20. The highest BCUT2D eigenvalue weighted by Gasteiger charge is 2.38. The lowest BCUT2D eigenvalue weighted by Gasteiger charge is -2.37. The van der Waals surface area contributed by atoms with Crippen LogP contribution in [0.15, 0.2) is 30.3 Å². The largest absolute Gasteiger partial charge is 0.378 e. The minimum absolute atomic E-state index is 0.0469. The molecule has 0 radical (unpaired) electrons. The van der Waals surface area contributed by atoms with Gasteiger partial charge in [0.1, 0.15) is 5.00 Å². The summed E-state index contributed by atoms with van der Waals surface area (Å²) in [5.41, 5.74) is 2.62. The van der Waals surface area contributed by atoms with Gasteiger partial charge >= 0.3 is 0 Å². The van der Waals surface area contributed by atoms with Crippen molar-refractivity contribution in [2.24, 2.45) is 0 Å². The monoisotopic (exact) mass is 443 g/mol. The van der Waals surface area contributed by atoms with Crippen molar-refractivity contribution in [1.29, 1.82) is 0 Å². The number of fused-ring (bicyclic) bond motifs is 3. The van der Waals surface area contributed by atoms with E-state index < -0.39 is 0 Å². The van der Waals surface area contributed by atoms with Gasteiger partial charge in [0.15, 0.2) is 5.50 Å². The molecule has 1 fully saturated rings. The topological polar surface area (TPSA) is 61.9 Å². The van der Waals surface area contributed by atoms with Crippen molar-refractivity contribution >= 4 is 45.6 Å². The number of amides is 2. The van der Waals surface area contributed by atoms with Crippen LogP contribution in [-0.2, 0) is 22.4 Å². The summed E-state index contributed by atoms with van der Waals surface area (Å²) in [4.78, 5) is 31.4. The lowest BCUT2D eigenvalue weighted by atomic mass is 9.94. The molecule has 2 amide bonds. The number of nitrogens with one attached hydrogen (secondary N) is 1. The predicted octanol–water partition coefficient (Wildman–Crippen LogP) is 3.57. The van der Waals surface area contributed by atoms with Crippen LogP contribution in [0, 0.1) is 0 Å². The first-order valence-corrected chi connectivity index (χ1v) is 12.4. The Morgan fingerprint density at radius 2 is 1.93 bits per heavy atom. The summed E-state index contributed by atoms with van der Waals surface area (Å²) < 4.78 is 5.35. The molecule has 0 bridgehead atoms. The van der Waals surface area contributed by atoms with E-state index in [2.05, 4.69) is 5.32 Å². The maximum absolute atomic E-state index is 13.7. The van der Waals surface area contributed by atoms with Crippen LogP contribution in [0.25, 0.3) is 0 Å². The summed E-state index contributed by atoms with van der Waals surface area (Å²) in [6.07, 6.45) is 4.36. The Bertz CT molecular complexity index is 941. The van der Waals surface area contributed by atoms with Gasteiger partial charge in [0.25, 0.3) is 5.91 Å². The van der Waals surface area contributed by atoms with E-state index in [-0.39, 0.29) is 17.3 Å². The van der Waals surface area contributed by atoms with Gasteiger partial charge in [-0.3, -0.25) is 14.5 Å². The number of aryl methyl sites for hydroxylation is 1. The van der Waals surface area contributed by atoms with E-state index in [4.69, 9.17) is 4.74 Å². The zero-order chi connectivity index (χ0) is 20.5. The van der Waals surface area contributed by atoms with Gasteiger partial charge in [-0.05, 0) is 43.4 Å². The Kier molecular flexibility index (Phi) is 5.71. The van der Waals surface area contributed by atoms with Crippen LogP contribution in [0.2, 0.25) is 0 Å². The number of hydrogen-bond donors (Lipinski definition) is 1. The van der Waals surface area contributed by atoms with Crippen LogP contribution in [0.3, 0.4) is 0 Å². The number of para-hydroxylation sites is 1. The number of hydrogen-bond acceptors (Lipinski definition) is 6. The maximum atomic E-state index is 13.7. The molecule has 1 unspecified atom stereocenters. The highest BCUT2D eigenvalue weighted by molar-refractivity contribution is 8.00. The number of thiophene rings is 1. The summed E-state index contributed by atoms with van der Waals surface area (Å²) in [6.45, 7) is 2.47. The molecule has 1 atom stereocenters. The molecule has 2 aromatic rings. The van der Waals surface area contributed by atoms with Crippen LogP contribution in [0.5, 0.6) is 0 Å². The second-order valence-corrected chi connectivity index (χ2v) is 9.90. The van der Waals surface area contributed by atoms with Gasteiger partial charge in [-0.15, -0.1) is 23.1 Å². The number of carbonyl (C=O) groups is 2. The quantitative estimate of drug-likeness (QED) is 0.783. The van der Waals surface area contributed by atoms with Gasteiger partial charge in [-0.25, -0.2) is 0 Å². The molecular formula is C22H25N3O3S2. The summed E-state index contributed by atoms with van der Waals surface area (Å²) in [5.74, 6) is 0.474. The zero-order valence-corrected chi connectivity index (χ0v) is 18.4. The lowest BCUT2D eigenvalue weighted by molar-refractivity contribution is -0.132. The molecule has 1 N–H and O–H groups in total. The molecule has 1 aromatic heterocycles. The predicted molar refractivity (Wildman–Crippen MR) is 121 cm³/mol. The molecule has 30 heavy (non-hydrogen) atoms. The second kappa shape index (κ2) is 8.61. The van der Waals surface area contributed by atoms with Gasteiger partial charge in [0, 0.05) is 23.7 Å². The van der Waals surface area contributed by atoms with Crippen molar-refractivity contribution in [2.75, 3.05) is 42.3 Å². The van der Waals surface area contributed by atoms with Crippen molar-refractivity contribution in [3.63, 3.8) is 0 Å². The van der Waals surface area contributed by atoms with E-state index in [9.17, 15) is 9.59 Å². The Labute approximate surface area is 184 Å². The Hall–Kier alpha value is -2.03. The number of morpholine rings is 1. The average Bonchev–Trinajstić information content (AvgIpc) is 3.17. The number of ether oxygens (including phenoxy) is 1. The van der Waals surface area contributed by atoms with Crippen LogP contribution < -0.4 is 10.2 Å². The summed E-state index contributed by atoms with van der Waals surface area (Å²) in [5, 5.41) is 4.55. The molecule has 1 aliphatic carbocycles. The number of carbonyl (C=O) groups excluding carboxylic acids is 2. The standard InChI is InChI=1S/C22H25N3O3S2/c26-18(24-10-12-28-13-11-24)14-29-22-23-20-19(16-8-4-5-9-17(16)30-20)21(27)25(22)15-6-2-1-3-7-15/h1-3,6-7,22-23H,4-5,8-14H2. The van der Waals surface area contributed by atoms with Gasteiger partial charge in [-0.1, -0.05) is 18.2 Å². The molecule has 0 spiro atoms. The Morgan fingerprint density at radius 1 is 1.17 bits per heavy atom. The van der Waals surface area contributed by atoms with E-state index in [1.807, 2.05) is 40.1 Å². The van der Waals surface area contributed by atoms with Gasteiger partial charge < -0.3 is 15.0 Å². The number of anilines is 2. The zero-order valence-electron chi connectivity index (χ0n) is 16.8. The molecule has 8 heteroatoms. The van der Waals surface area contributed by atoms with E-state index in [0.29, 0.717) is 32.1 Å². The average molecular weight is 444 g/mol. The Morgan fingerprint density at radius 3 is 2.73 bits per heavy atom. The number of benzene rings is 1. The minimum Gasteiger partial charge on any atom is -0.378 e. The van der Waals surface area contributed by atoms with Gasteiger partial charge in [0.05, 0.1) is 24.5 Å². The molecule has 5 rings (SSSR count). The Balaban J connectivity index is 1.42. The molecule has 2 aliphatic heterocycles. The number of rotatable bonds is 4. The molecule has 3 heterocycles. The third-order valence-electron chi connectivity index (χ3n) is 5.86. The van der Waals surface area contributed by atoms with Crippen molar-refractivity contribution in [1.82, 2.24) is 4.90 Å². The van der Waals surface area contributed by atoms with Crippen LogP contribution in [0.4, 0.5) is 10.7 Å². The highest BCUT2D eigenvalue weighted by atomic mass is 32.2. The van der Waals surface area contributed by atoms with E-state index in [1.165, 1.54) is 28.6 Å². The fraction of sp³-hybridized carbons (Fsp3) is 0.455. The summed E-state index contributed by atoms with van der Waals surface area (Å²) in [7, 11) is 0. The molecule has 0 saturated carbocycles. The minimum atomic E-state index is -0.308. The van der Waals surface area contributed by atoms with Gasteiger partial charge in [-0.2, -0.15) is 0 Å².